The highest BCUT2D eigenvalue weighted by atomic mass is 19.3. The molecule has 0 fully saturated rings. The van der Waals surface area contributed by atoms with Gasteiger partial charge in [0.15, 0.2) is 0 Å². The van der Waals surface area contributed by atoms with E-state index in [-0.39, 0.29) is 12.8 Å². The van der Waals surface area contributed by atoms with Crippen molar-refractivity contribution in [3.8, 4) is 0 Å². The van der Waals surface area contributed by atoms with Crippen LogP contribution in [0.2, 0.25) is 0 Å². The van der Waals surface area contributed by atoms with Gasteiger partial charge < -0.3 is 0 Å². The molecule has 2 heteroatoms. The predicted molar refractivity (Wildman–Crippen MR) is 37.2 cm³/mol. The summed E-state index contributed by atoms with van der Waals surface area (Å²) in [5, 5.41) is 0. The molecular weight excluding hydrogens is 134 g/mol. The van der Waals surface area contributed by atoms with Crippen LogP contribution in [0.1, 0.15) is 32.1 Å². The van der Waals surface area contributed by atoms with Gasteiger partial charge in [-0.1, -0.05) is 12.2 Å². The first kappa shape index (κ1) is 7.70. The molecule has 0 saturated heterocycles. The van der Waals surface area contributed by atoms with E-state index >= 15 is 0 Å². The largest absolute Gasteiger partial charge is 0.248 e. The lowest BCUT2D eigenvalue weighted by atomic mass is 10.0. The number of alkyl halides is 2. The van der Waals surface area contributed by atoms with Crippen molar-refractivity contribution in [2.75, 3.05) is 0 Å². The van der Waals surface area contributed by atoms with Crippen LogP contribution in [-0.2, 0) is 0 Å². The summed E-state index contributed by atoms with van der Waals surface area (Å²) in [7, 11) is 0. The zero-order chi connectivity index (χ0) is 7.45. The minimum absolute atomic E-state index is 0.0312. The van der Waals surface area contributed by atoms with E-state index in [1.165, 1.54) is 0 Å². The lowest BCUT2D eigenvalue weighted by Gasteiger charge is -2.15. The van der Waals surface area contributed by atoms with Gasteiger partial charge in [-0.25, -0.2) is 8.78 Å². The highest BCUT2D eigenvalue weighted by Gasteiger charge is 2.27. The molecule has 0 saturated carbocycles. The van der Waals surface area contributed by atoms with Gasteiger partial charge >= 0.3 is 0 Å². The number of halogens is 2. The lowest BCUT2D eigenvalue weighted by Crippen LogP contribution is -2.15. The minimum Gasteiger partial charge on any atom is -0.207 e. The number of hydrogen-bond acceptors (Lipinski definition) is 0. The molecule has 0 unspecified atom stereocenters. The van der Waals surface area contributed by atoms with Crippen LogP contribution in [0.15, 0.2) is 12.2 Å². The van der Waals surface area contributed by atoms with Crippen LogP contribution < -0.4 is 0 Å². The molecule has 0 heterocycles. The van der Waals surface area contributed by atoms with Crippen molar-refractivity contribution in [2.45, 2.75) is 38.0 Å². The van der Waals surface area contributed by atoms with Gasteiger partial charge in [0.05, 0.1) is 0 Å². The first-order chi connectivity index (χ1) is 4.71. The third-order valence-corrected chi connectivity index (χ3v) is 1.76. The van der Waals surface area contributed by atoms with Gasteiger partial charge in [0.1, 0.15) is 0 Å². The normalized spacial score (nSPS) is 28.6. The Morgan fingerprint density at radius 2 is 1.70 bits per heavy atom. The van der Waals surface area contributed by atoms with Crippen molar-refractivity contribution in [3.05, 3.63) is 12.2 Å². The number of allylic oxidation sites excluding steroid dienone is 2. The van der Waals surface area contributed by atoms with E-state index in [1.54, 1.807) is 0 Å². The van der Waals surface area contributed by atoms with Crippen LogP contribution in [0.3, 0.4) is 0 Å². The van der Waals surface area contributed by atoms with Crippen molar-refractivity contribution < 1.29 is 8.78 Å². The second-order valence-electron chi connectivity index (χ2n) is 2.76. The van der Waals surface area contributed by atoms with Crippen LogP contribution in [0.5, 0.6) is 0 Å². The van der Waals surface area contributed by atoms with Crippen LogP contribution in [-0.4, -0.2) is 5.92 Å². The maximum atomic E-state index is 12.6. The molecule has 1 aliphatic rings. The summed E-state index contributed by atoms with van der Waals surface area (Å²) in [6.07, 6.45) is 5.93. The van der Waals surface area contributed by atoms with Gasteiger partial charge in [-0.05, 0) is 19.3 Å². The molecule has 0 nitrogen and oxygen atoms in total. The van der Waals surface area contributed by atoms with Crippen molar-refractivity contribution in [2.24, 2.45) is 0 Å². The third kappa shape index (κ3) is 2.46. The molecule has 0 bridgehead atoms. The van der Waals surface area contributed by atoms with Crippen molar-refractivity contribution in [1.29, 1.82) is 0 Å². The topological polar surface area (TPSA) is 0 Å². The monoisotopic (exact) mass is 146 g/mol. The molecule has 0 aromatic heterocycles. The summed E-state index contributed by atoms with van der Waals surface area (Å²) in [5.41, 5.74) is 0. The summed E-state index contributed by atoms with van der Waals surface area (Å²) in [6, 6.07) is 0. The molecule has 0 N–H and O–H groups in total. The summed E-state index contributed by atoms with van der Waals surface area (Å²) in [4.78, 5) is 0. The zero-order valence-electron chi connectivity index (χ0n) is 5.95. The Kier molecular flexibility index (Phi) is 2.41. The molecule has 0 amide bonds. The second kappa shape index (κ2) is 3.13. The van der Waals surface area contributed by atoms with Gasteiger partial charge in [-0.15, -0.1) is 0 Å². The Bertz CT molecular complexity index is 127. The van der Waals surface area contributed by atoms with E-state index < -0.39 is 5.92 Å². The zero-order valence-corrected chi connectivity index (χ0v) is 5.95. The minimum atomic E-state index is -2.40. The van der Waals surface area contributed by atoms with Crippen molar-refractivity contribution in [1.82, 2.24) is 0 Å². The maximum Gasteiger partial charge on any atom is 0.248 e. The highest BCUT2D eigenvalue weighted by molar-refractivity contribution is 4.86. The fraction of sp³-hybridized carbons (Fsp3) is 0.750. The highest BCUT2D eigenvalue weighted by Crippen LogP contribution is 2.28. The van der Waals surface area contributed by atoms with E-state index in [1.807, 2.05) is 12.2 Å². The van der Waals surface area contributed by atoms with Crippen LogP contribution in [0, 0.1) is 0 Å². The molecule has 10 heavy (non-hydrogen) atoms. The fourth-order valence-corrected chi connectivity index (χ4v) is 1.13. The Balaban J connectivity index is 2.43. The Labute approximate surface area is 59.9 Å². The molecule has 58 valence electrons. The van der Waals surface area contributed by atoms with Gasteiger partial charge in [0, 0.05) is 12.8 Å². The smallest absolute Gasteiger partial charge is 0.207 e. The SMILES string of the molecule is FC1(F)CC/C=C\CCC1. The Morgan fingerprint density at radius 1 is 1.00 bits per heavy atom. The fourth-order valence-electron chi connectivity index (χ4n) is 1.13. The maximum absolute atomic E-state index is 12.6. The molecule has 1 aliphatic carbocycles. The van der Waals surface area contributed by atoms with E-state index in [9.17, 15) is 8.78 Å². The molecule has 0 aromatic carbocycles. The first-order valence-corrected chi connectivity index (χ1v) is 3.73. The van der Waals surface area contributed by atoms with Gasteiger partial charge in [0.25, 0.3) is 0 Å². The van der Waals surface area contributed by atoms with Gasteiger partial charge in [-0.2, -0.15) is 0 Å². The van der Waals surface area contributed by atoms with Gasteiger partial charge in [0.2, 0.25) is 5.92 Å². The second-order valence-corrected chi connectivity index (χ2v) is 2.76. The quantitative estimate of drug-likeness (QED) is 0.460. The predicted octanol–water partition coefficient (Wildman–Crippen LogP) is 3.14. The van der Waals surface area contributed by atoms with Crippen LogP contribution in [0.25, 0.3) is 0 Å². The van der Waals surface area contributed by atoms with Crippen LogP contribution in [0.4, 0.5) is 8.78 Å². The molecule has 0 aromatic rings. The third-order valence-electron chi connectivity index (χ3n) is 1.76. The van der Waals surface area contributed by atoms with Crippen LogP contribution >= 0.6 is 0 Å². The average Bonchev–Trinajstić information content (AvgIpc) is 1.81. The molecule has 0 radical (unpaired) electrons. The molecule has 0 atom stereocenters. The summed E-state index contributed by atoms with van der Waals surface area (Å²) >= 11 is 0. The summed E-state index contributed by atoms with van der Waals surface area (Å²) in [6.45, 7) is 0. The van der Waals surface area contributed by atoms with Crippen molar-refractivity contribution in [3.63, 3.8) is 0 Å². The number of hydrogen-bond donors (Lipinski definition) is 0. The van der Waals surface area contributed by atoms with Gasteiger partial charge in [-0.3, -0.25) is 0 Å². The summed E-state index contributed by atoms with van der Waals surface area (Å²) in [5.74, 6) is -2.40. The standard InChI is InChI=1S/C8H12F2/c9-8(10)6-4-2-1-3-5-7-8/h1-2H,3-7H2/b2-1-. The molecule has 0 spiro atoms. The Hall–Kier alpha value is -0.400. The van der Waals surface area contributed by atoms with E-state index in [0.717, 1.165) is 6.42 Å². The average molecular weight is 146 g/mol. The molecular formula is C8H12F2. The van der Waals surface area contributed by atoms with Crippen molar-refractivity contribution >= 4 is 0 Å². The first-order valence-electron chi connectivity index (χ1n) is 3.73. The van der Waals surface area contributed by atoms with E-state index in [4.69, 9.17) is 0 Å². The van der Waals surface area contributed by atoms with E-state index in [2.05, 4.69) is 0 Å². The molecule has 1 rings (SSSR count). The lowest BCUT2D eigenvalue weighted by molar-refractivity contribution is -0.0175. The Morgan fingerprint density at radius 3 is 2.50 bits per heavy atom. The number of rotatable bonds is 0. The van der Waals surface area contributed by atoms with E-state index in [0.29, 0.717) is 12.8 Å². The molecule has 0 aliphatic heterocycles. The summed E-state index contributed by atoms with van der Waals surface area (Å²) < 4.78 is 25.2.